The smallest absolute Gasteiger partial charge is 0.305 e. The molecule has 0 fully saturated rings. The summed E-state index contributed by atoms with van der Waals surface area (Å²) in [7, 11) is 3.26. The largest absolute Gasteiger partial charge is 0.481 e. The van der Waals surface area contributed by atoms with Gasteiger partial charge >= 0.3 is 5.97 Å². The molecule has 1 aromatic heterocycles. The summed E-state index contributed by atoms with van der Waals surface area (Å²) in [5.41, 5.74) is 1.22. The van der Waals surface area contributed by atoms with Crippen molar-refractivity contribution in [2.45, 2.75) is 13.3 Å². The molecule has 0 atom stereocenters. The molecule has 1 aromatic rings. The van der Waals surface area contributed by atoms with E-state index in [0.29, 0.717) is 5.69 Å². The fourth-order valence-electron chi connectivity index (χ4n) is 1.37. The Kier molecular flexibility index (Phi) is 3.65. The molecule has 88 valence electrons. The summed E-state index contributed by atoms with van der Waals surface area (Å²) in [5, 5.41) is 12.6. The van der Waals surface area contributed by atoms with E-state index in [1.54, 1.807) is 27.1 Å². The van der Waals surface area contributed by atoms with Gasteiger partial charge in [-0.1, -0.05) is 0 Å². The van der Waals surface area contributed by atoms with E-state index < -0.39 is 5.97 Å². The Morgan fingerprint density at radius 2 is 2.19 bits per heavy atom. The van der Waals surface area contributed by atoms with E-state index in [4.69, 9.17) is 5.11 Å². The van der Waals surface area contributed by atoms with Gasteiger partial charge in [0, 0.05) is 20.6 Å². The Labute approximate surface area is 93.5 Å². The molecular formula is C10H15N3O3. The summed E-state index contributed by atoms with van der Waals surface area (Å²) >= 11 is 0. The minimum atomic E-state index is -0.916. The molecule has 0 bridgehead atoms. The van der Waals surface area contributed by atoms with E-state index in [-0.39, 0.29) is 18.9 Å². The minimum absolute atomic E-state index is 0.0565. The lowest BCUT2D eigenvalue weighted by molar-refractivity contribution is -0.137. The Balaban J connectivity index is 2.70. The SMILES string of the molecule is Cc1cc(C(=O)N(C)CCC(=O)O)n(C)n1. The van der Waals surface area contributed by atoms with Crippen molar-refractivity contribution in [1.29, 1.82) is 0 Å². The number of carboxylic acids is 1. The summed E-state index contributed by atoms with van der Waals surface area (Å²) in [5.74, 6) is -1.13. The van der Waals surface area contributed by atoms with Crippen molar-refractivity contribution in [3.05, 3.63) is 17.5 Å². The van der Waals surface area contributed by atoms with Crippen LogP contribution in [0.25, 0.3) is 0 Å². The summed E-state index contributed by atoms with van der Waals surface area (Å²) < 4.78 is 1.49. The second kappa shape index (κ2) is 4.78. The highest BCUT2D eigenvalue weighted by Crippen LogP contribution is 2.05. The van der Waals surface area contributed by atoms with Crippen molar-refractivity contribution in [2.75, 3.05) is 13.6 Å². The van der Waals surface area contributed by atoms with E-state index >= 15 is 0 Å². The van der Waals surface area contributed by atoms with Gasteiger partial charge in [-0.15, -0.1) is 0 Å². The van der Waals surface area contributed by atoms with E-state index in [1.165, 1.54) is 9.58 Å². The summed E-state index contributed by atoms with van der Waals surface area (Å²) in [6.45, 7) is 1.99. The van der Waals surface area contributed by atoms with Crippen LogP contribution in [0.3, 0.4) is 0 Å². The molecule has 16 heavy (non-hydrogen) atoms. The second-order valence-electron chi connectivity index (χ2n) is 3.67. The van der Waals surface area contributed by atoms with Crippen LogP contribution in [0.1, 0.15) is 22.6 Å². The maximum Gasteiger partial charge on any atom is 0.305 e. The first kappa shape index (κ1) is 12.2. The molecular weight excluding hydrogens is 210 g/mol. The van der Waals surface area contributed by atoms with Crippen LogP contribution in [0.15, 0.2) is 6.07 Å². The van der Waals surface area contributed by atoms with Gasteiger partial charge in [-0.25, -0.2) is 0 Å². The van der Waals surface area contributed by atoms with Crippen LogP contribution in [-0.4, -0.2) is 45.3 Å². The van der Waals surface area contributed by atoms with Crippen molar-refractivity contribution in [3.63, 3.8) is 0 Å². The summed E-state index contributed by atoms with van der Waals surface area (Å²) in [4.78, 5) is 23.6. The molecule has 1 heterocycles. The van der Waals surface area contributed by atoms with Crippen molar-refractivity contribution >= 4 is 11.9 Å². The first-order valence-electron chi connectivity index (χ1n) is 4.89. The molecule has 0 aromatic carbocycles. The molecule has 0 aliphatic heterocycles. The van der Waals surface area contributed by atoms with Crippen LogP contribution in [0.2, 0.25) is 0 Å². The third kappa shape index (κ3) is 2.82. The molecule has 0 aliphatic carbocycles. The highest BCUT2D eigenvalue weighted by atomic mass is 16.4. The van der Waals surface area contributed by atoms with Crippen LogP contribution >= 0.6 is 0 Å². The van der Waals surface area contributed by atoms with E-state index in [2.05, 4.69) is 5.10 Å². The zero-order chi connectivity index (χ0) is 12.3. The van der Waals surface area contributed by atoms with Gasteiger partial charge in [0.05, 0.1) is 12.1 Å². The quantitative estimate of drug-likeness (QED) is 0.798. The van der Waals surface area contributed by atoms with Crippen LogP contribution in [-0.2, 0) is 11.8 Å². The molecule has 6 nitrogen and oxygen atoms in total. The number of carbonyl (C=O) groups is 2. The Morgan fingerprint density at radius 3 is 2.62 bits per heavy atom. The van der Waals surface area contributed by atoms with Crippen LogP contribution < -0.4 is 0 Å². The number of hydrogen-bond acceptors (Lipinski definition) is 3. The van der Waals surface area contributed by atoms with Gasteiger partial charge in [-0.2, -0.15) is 5.10 Å². The predicted octanol–water partition coefficient (Wildman–Crippen LogP) is 0.275. The van der Waals surface area contributed by atoms with Gasteiger partial charge in [0.1, 0.15) is 5.69 Å². The van der Waals surface area contributed by atoms with Gasteiger partial charge < -0.3 is 10.0 Å². The van der Waals surface area contributed by atoms with Crippen molar-refractivity contribution < 1.29 is 14.7 Å². The number of amides is 1. The van der Waals surface area contributed by atoms with Crippen molar-refractivity contribution in [3.8, 4) is 0 Å². The fourth-order valence-corrected chi connectivity index (χ4v) is 1.37. The fraction of sp³-hybridized carbons (Fsp3) is 0.500. The van der Waals surface area contributed by atoms with Gasteiger partial charge in [-0.05, 0) is 13.0 Å². The maximum absolute atomic E-state index is 11.9. The lowest BCUT2D eigenvalue weighted by Crippen LogP contribution is -2.30. The first-order valence-corrected chi connectivity index (χ1v) is 4.89. The number of carboxylic acid groups (broad SMARTS) is 1. The van der Waals surface area contributed by atoms with Crippen molar-refractivity contribution in [1.82, 2.24) is 14.7 Å². The highest BCUT2D eigenvalue weighted by Gasteiger charge is 2.16. The molecule has 1 rings (SSSR count). The minimum Gasteiger partial charge on any atom is -0.481 e. The molecule has 1 amide bonds. The molecule has 0 unspecified atom stereocenters. The lowest BCUT2D eigenvalue weighted by atomic mass is 10.3. The topological polar surface area (TPSA) is 75.4 Å². The van der Waals surface area contributed by atoms with Gasteiger partial charge in [-0.3, -0.25) is 14.3 Å². The molecule has 0 radical (unpaired) electrons. The highest BCUT2D eigenvalue weighted by molar-refractivity contribution is 5.92. The number of hydrogen-bond donors (Lipinski definition) is 1. The Bertz CT molecular complexity index is 411. The summed E-state index contributed by atoms with van der Waals surface area (Å²) in [6, 6.07) is 1.68. The van der Waals surface area contributed by atoms with E-state index in [0.717, 1.165) is 5.69 Å². The average molecular weight is 225 g/mol. The maximum atomic E-state index is 11.9. The molecule has 0 saturated carbocycles. The number of aryl methyl sites for hydroxylation is 2. The number of aliphatic carboxylic acids is 1. The van der Waals surface area contributed by atoms with Crippen LogP contribution in [0.4, 0.5) is 0 Å². The molecule has 0 saturated heterocycles. The molecule has 0 spiro atoms. The van der Waals surface area contributed by atoms with E-state index in [9.17, 15) is 9.59 Å². The van der Waals surface area contributed by atoms with E-state index in [1.807, 2.05) is 0 Å². The number of rotatable bonds is 4. The lowest BCUT2D eigenvalue weighted by Gasteiger charge is -2.15. The van der Waals surface area contributed by atoms with Gasteiger partial charge in [0.25, 0.3) is 5.91 Å². The van der Waals surface area contributed by atoms with Crippen LogP contribution in [0.5, 0.6) is 0 Å². The first-order chi connectivity index (χ1) is 7.41. The third-order valence-corrected chi connectivity index (χ3v) is 2.23. The van der Waals surface area contributed by atoms with Crippen LogP contribution in [0, 0.1) is 6.92 Å². The van der Waals surface area contributed by atoms with Crippen molar-refractivity contribution in [2.24, 2.45) is 7.05 Å². The average Bonchev–Trinajstić information content (AvgIpc) is 2.53. The number of carbonyl (C=O) groups excluding carboxylic acids is 1. The zero-order valence-corrected chi connectivity index (χ0v) is 9.60. The standard InChI is InChI=1S/C10H15N3O3/c1-7-6-8(13(3)11-7)10(16)12(2)5-4-9(14)15/h6H,4-5H2,1-3H3,(H,14,15). The molecule has 0 aliphatic rings. The number of aromatic nitrogens is 2. The summed E-state index contributed by atoms with van der Waals surface area (Å²) in [6.07, 6.45) is -0.0565. The predicted molar refractivity (Wildman–Crippen MR) is 57.2 cm³/mol. The molecule has 1 N–H and O–H groups in total. The Hall–Kier alpha value is -1.85. The monoisotopic (exact) mass is 225 g/mol. The third-order valence-electron chi connectivity index (χ3n) is 2.23. The normalized spacial score (nSPS) is 10.2. The molecule has 6 heteroatoms. The number of nitrogens with zero attached hydrogens (tertiary/aromatic N) is 3. The zero-order valence-electron chi connectivity index (χ0n) is 9.60. The second-order valence-corrected chi connectivity index (χ2v) is 3.67. The van der Waals surface area contributed by atoms with Gasteiger partial charge in [0.15, 0.2) is 0 Å². The van der Waals surface area contributed by atoms with Gasteiger partial charge in [0.2, 0.25) is 0 Å². The Morgan fingerprint density at radius 1 is 1.56 bits per heavy atom.